The van der Waals surface area contributed by atoms with Crippen molar-refractivity contribution in [3.8, 4) is 0 Å². The zero-order valence-corrected chi connectivity index (χ0v) is 11.9. The first-order chi connectivity index (χ1) is 9.69. The van der Waals surface area contributed by atoms with Crippen molar-refractivity contribution in [1.82, 2.24) is 0 Å². The summed E-state index contributed by atoms with van der Waals surface area (Å²) in [4.78, 5) is 12.2. The van der Waals surface area contributed by atoms with Gasteiger partial charge in [0, 0.05) is 23.5 Å². The molecule has 2 N–H and O–H groups in total. The van der Waals surface area contributed by atoms with Crippen LogP contribution in [0.5, 0.6) is 0 Å². The molecule has 0 aliphatic carbocycles. The Balaban J connectivity index is 2.06. The van der Waals surface area contributed by atoms with Crippen molar-refractivity contribution in [2.24, 2.45) is 0 Å². The van der Waals surface area contributed by atoms with Gasteiger partial charge in [0.2, 0.25) is 0 Å². The third-order valence-corrected chi connectivity index (χ3v) is 3.01. The molecule has 1 amide bonds. The molecular formula is C17H20N2O. The molecule has 3 heteroatoms. The number of anilines is 2. The van der Waals surface area contributed by atoms with Gasteiger partial charge >= 0.3 is 0 Å². The molecule has 0 unspecified atom stereocenters. The van der Waals surface area contributed by atoms with E-state index in [2.05, 4.69) is 17.6 Å². The zero-order valence-electron chi connectivity index (χ0n) is 11.9. The van der Waals surface area contributed by atoms with Crippen molar-refractivity contribution in [2.75, 3.05) is 17.2 Å². The van der Waals surface area contributed by atoms with E-state index in [1.807, 2.05) is 55.5 Å². The Morgan fingerprint density at radius 1 is 1.05 bits per heavy atom. The van der Waals surface area contributed by atoms with E-state index >= 15 is 0 Å². The van der Waals surface area contributed by atoms with Crippen molar-refractivity contribution >= 4 is 17.3 Å². The van der Waals surface area contributed by atoms with E-state index in [4.69, 9.17) is 0 Å². The number of nitrogens with one attached hydrogen (secondary N) is 2. The van der Waals surface area contributed by atoms with Crippen molar-refractivity contribution in [1.29, 1.82) is 0 Å². The summed E-state index contributed by atoms with van der Waals surface area (Å²) in [6, 6.07) is 15.3. The first-order valence-corrected chi connectivity index (χ1v) is 6.91. The van der Waals surface area contributed by atoms with Crippen LogP contribution in [0.1, 0.15) is 29.3 Å². The third-order valence-electron chi connectivity index (χ3n) is 3.01. The average molecular weight is 268 g/mol. The van der Waals surface area contributed by atoms with Gasteiger partial charge in [-0.2, -0.15) is 0 Å². The fraction of sp³-hybridized carbons (Fsp3) is 0.235. The van der Waals surface area contributed by atoms with Crippen LogP contribution in [-0.4, -0.2) is 12.5 Å². The van der Waals surface area contributed by atoms with E-state index < -0.39 is 0 Å². The average Bonchev–Trinajstić information content (AvgIpc) is 2.48. The van der Waals surface area contributed by atoms with E-state index in [1.165, 1.54) is 5.56 Å². The van der Waals surface area contributed by atoms with Crippen LogP contribution in [0.25, 0.3) is 0 Å². The largest absolute Gasteiger partial charge is 0.385 e. The Kier molecular flexibility index (Phi) is 4.77. The molecule has 0 fully saturated rings. The standard InChI is InChI=1S/C17H20N2O/c1-3-11-18-16-6-4-5-14(12-16)17(20)19-15-9-7-13(2)8-10-15/h4-10,12,18H,3,11H2,1-2H3,(H,19,20). The van der Waals surface area contributed by atoms with Gasteiger partial charge in [0.15, 0.2) is 0 Å². The minimum absolute atomic E-state index is 0.0889. The second-order valence-electron chi connectivity index (χ2n) is 4.83. The molecule has 0 radical (unpaired) electrons. The van der Waals surface area contributed by atoms with E-state index in [-0.39, 0.29) is 5.91 Å². The molecule has 2 aromatic rings. The fourth-order valence-corrected chi connectivity index (χ4v) is 1.88. The molecule has 0 bridgehead atoms. The predicted molar refractivity (Wildman–Crippen MR) is 84.4 cm³/mol. The summed E-state index contributed by atoms with van der Waals surface area (Å²) in [5, 5.41) is 6.18. The lowest BCUT2D eigenvalue weighted by Crippen LogP contribution is -2.12. The molecule has 0 aromatic heterocycles. The molecule has 0 spiro atoms. The van der Waals surface area contributed by atoms with E-state index in [0.29, 0.717) is 5.56 Å². The number of amides is 1. The van der Waals surface area contributed by atoms with Crippen LogP contribution in [-0.2, 0) is 0 Å². The second-order valence-corrected chi connectivity index (χ2v) is 4.83. The maximum atomic E-state index is 12.2. The summed E-state index contributed by atoms with van der Waals surface area (Å²) >= 11 is 0. The summed E-state index contributed by atoms with van der Waals surface area (Å²) in [6.45, 7) is 5.04. The minimum Gasteiger partial charge on any atom is -0.385 e. The topological polar surface area (TPSA) is 41.1 Å². The van der Waals surface area contributed by atoms with Crippen LogP contribution in [0.2, 0.25) is 0 Å². The van der Waals surface area contributed by atoms with Gasteiger partial charge in [-0.1, -0.05) is 30.7 Å². The number of rotatable bonds is 5. The van der Waals surface area contributed by atoms with Gasteiger partial charge < -0.3 is 10.6 Å². The molecule has 20 heavy (non-hydrogen) atoms. The van der Waals surface area contributed by atoms with Crippen molar-refractivity contribution in [2.45, 2.75) is 20.3 Å². The predicted octanol–water partition coefficient (Wildman–Crippen LogP) is 4.07. The molecule has 3 nitrogen and oxygen atoms in total. The van der Waals surface area contributed by atoms with Gasteiger partial charge in [-0.3, -0.25) is 4.79 Å². The maximum absolute atomic E-state index is 12.2. The smallest absolute Gasteiger partial charge is 0.255 e. The van der Waals surface area contributed by atoms with Crippen LogP contribution in [0.4, 0.5) is 11.4 Å². The van der Waals surface area contributed by atoms with Crippen molar-refractivity contribution < 1.29 is 4.79 Å². The Morgan fingerprint density at radius 3 is 2.50 bits per heavy atom. The highest BCUT2D eigenvalue weighted by Crippen LogP contribution is 2.14. The van der Waals surface area contributed by atoms with Gasteiger partial charge in [0.25, 0.3) is 5.91 Å². The molecule has 0 saturated carbocycles. The number of carbonyl (C=O) groups is 1. The van der Waals surface area contributed by atoms with Crippen LogP contribution in [0.15, 0.2) is 48.5 Å². The van der Waals surface area contributed by atoms with Crippen molar-refractivity contribution in [3.63, 3.8) is 0 Å². The number of benzene rings is 2. The highest BCUT2D eigenvalue weighted by molar-refractivity contribution is 6.04. The molecule has 0 heterocycles. The van der Waals surface area contributed by atoms with Crippen LogP contribution in [0, 0.1) is 6.92 Å². The van der Waals surface area contributed by atoms with Gasteiger partial charge in [-0.25, -0.2) is 0 Å². The lowest BCUT2D eigenvalue weighted by molar-refractivity contribution is 0.102. The summed E-state index contributed by atoms with van der Waals surface area (Å²) in [6.07, 6.45) is 1.06. The Morgan fingerprint density at radius 2 is 1.80 bits per heavy atom. The summed E-state index contributed by atoms with van der Waals surface area (Å²) in [7, 11) is 0. The van der Waals surface area contributed by atoms with Gasteiger partial charge in [-0.05, 0) is 43.7 Å². The Hall–Kier alpha value is -2.29. The van der Waals surface area contributed by atoms with Gasteiger partial charge in [0.05, 0.1) is 0 Å². The van der Waals surface area contributed by atoms with E-state index in [1.54, 1.807) is 0 Å². The van der Waals surface area contributed by atoms with Crippen molar-refractivity contribution in [3.05, 3.63) is 59.7 Å². The quantitative estimate of drug-likeness (QED) is 0.858. The third kappa shape index (κ3) is 3.85. The van der Waals surface area contributed by atoms with E-state index in [9.17, 15) is 4.79 Å². The molecule has 2 rings (SSSR count). The lowest BCUT2D eigenvalue weighted by Gasteiger charge is -2.08. The molecular weight excluding hydrogens is 248 g/mol. The summed E-state index contributed by atoms with van der Waals surface area (Å²) in [5.41, 5.74) is 3.62. The minimum atomic E-state index is -0.0889. The zero-order chi connectivity index (χ0) is 14.4. The van der Waals surface area contributed by atoms with Gasteiger partial charge in [-0.15, -0.1) is 0 Å². The number of aryl methyl sites for hydroxylation is 1. The molecule has 0 saturated heterocycles. The second kappa shape index (κ2) is 6.75. The first kappa shape index (κ1) is 14.1. The molecule has 0 aliphatic rings. The Bertz CT molecular complexity index is 576. The maximum Gasteiger partial charge on any atom is 0.255 e. The molecule has 0 atom stereocenters. The van der Waals surface area contributed by atoms with Gasteiger partial charge in [0.1, 0.15) is 0 Å². The van der Waals surface area contributed by atoms with E-state index in [0.717, 1.165) is 24.3 Å². The Labute approximate surface area is 120 Å². The van der Waals surface area contributed by atoms with Crippen LogP contribution >= 0.6 is 0 Å². The van der Waals surface area contributed by atoms with Crippen LogP contribution < -0.4 is 10.6 Å². The number of carbonyl (C=O) groups excluding carboxylic acids is 1. The summed E-state index contributed by atoms with van der Waals surface area (Å²) in [5.74, 6) is -0.0889. The number of hydrogen-bond donors (Lipinski definition) is 2. The van der Waals surface area contributed by atoms with Crippen LogP contribution in [0.3, 0.4) is 0 Å². The monoisotopic (exact) mass is 268 g/mol. The number of hydrogen-bond acceptors (Lipinski definition) is 2. The molecule has 104 valence electrons. The highest BCUT2D eigenvalue weighted by Gasteiger charge is 2.06. The lowest BCUT2D eigenvalue weighted by atomic mass is 10.1. The SMILES string of the molecule is CCCNc1cccc(C(=O)Nc2ccc(C)cc2)c1. The summed E-state index contributed by atoms with van der Waals surface area (Å²) < 4.78 is 0. The fourth-order valence-electron chi connectivity index (χ4n) is 1.88. The first-order valence-electron chi connectivity index (χ1n) is 6.91. The molecule has 0 aliphatic heterocycles. The normalized spacial score (nSPS) is 10.1. The molecule has 2 aromatic carbocycles. The highest BCUT2D eigenvalue weighted by atomic mass is 16.1.